The number of hydrogen-bond acceptors (Lipinski definition) is 4. The number of alkyl halides is 3. The highest BCUT2D eigenvalue weighted by Gasteiger charge is 2.29. The molecule has 0 unspecified atom stereocenters. The minimum absolute atomic E-state index is 0.526. The average molecular weight is 296 g/mol. The standard InChI is InChI=1S/C14H15F3N4/c1-3-18-12-8-13(20-9(2)19-12)21-11-6-4-10(5-7-11)14(15,16)17/h4-8H,3H2,1-2H3,(H2,18,19,20,21). The molecule has 0 aliphatic carbocycles. The van der Waals surface area contributed by atoms with Crippen LogP contribution in [0.4, 0.5) is 30.5 Å². The van der Waals surface area contributed by atoms with Crippen LogP contribution in [0.2, 0.25) is 0 Å². The zero-order valence-electron chi connectivity index (χ0n) is 11.6. The normalized spacial score (nSPS) is 11.3. The van der Waals surface area contributed by atoms with Crippen molar-refractivity contribution in [2.24, 2.45) is 0 Å². The summed E-state index contributed by atoms with van der Waals surface area (Å²) in [6, 6.07) is 6.50. The quantitative estimate of drug-likeness (QED) is 0.896. The maximum atomic E-state index is 12.5. The zero-order chi connectivity index (χ0) is 15.5. The molecule has 0 saturated heterocycles. The number of aryl methyl sites for hydroxylation is 1. The van der Waals surface area contributed by atoms with E-state index in [9.17, 15) is 13.2 Å². The summed E-state index contributed by atoms with van der Waals surface area (Å²) in [5, 5.41) is 6.03. The van der Waals surface area contributed by atoms with Crippen LogP contribution in [0.25, 0.3) is 0 Å². The minimum atomic E-state index is -4.33. The van der Waals surface area contributed by atoms with Crippen LogP contribution < -0.4 is 10.6 Å². The maximum absolute atomic E-state index is 12.5. The van der Waals surface area contributed by atoms with E-state index in [1.165, 1.54) is 12.1 Å². The molecule has 0 spiro atoms. The van der Waals surface area contributed by atoms with Crippen molar-refractivity contribution in [3.8, 4) is 0 Å². The van der Waals surface area contributed by atoms with Gasteiger partial charge < -0.3 is 10.6 Å². The van der Waals surface area contributed by atoms with Crippen LogP contribution in [0.3, 0.4) is 0 Å². The van der Waals surface area contributed by atoms with Gasteiger partial charge in [-0.15, -0.1) is 0 Å². The highest BCUT2D eigenvalue weighted by Crippen LogP contribution is 2.30. The zero-order valence-corrected chi connectivity index (χ0v) is 11.6. The molecule has 0 bridgehead atoms. The number of nitrogens with one attached hydrogen (secondary N) is 2. The summed E-state index contributed by atoms with van der Waals surface area (Å²) in [6.45, 7) is 4.41. The van der Waals surface area contributed by atoms with Crippen molar-refractivity contribution in [1.82, 2.24) is 9.97 Å². The van der Waals surface area contributed by atoms with Gasteiger partial charge in [0.15, 0.2) is 0 Å². The maximum Gasteiger partial charge on any atom is 0.416 e. The number of nitrogens with zero attached hydrogens (tertiary/aromatic N) is 2. The largest absolute Gasteiger partial charge is 0.416 e. The second-order valence-corrected chi connectivity index (χ2v) is 4.42. The lowest BCUT2D eigenvalue weighted by Gasteiger charge is -2.10. The molecule has 0 radical (unpaired) electrons. The number of aromatic nitrogens is 2. The molecule has 0 amide bonds. The number of hydrogen-bond donors (Lipinski definition) is 2. The van der Waals surface area contributed by atoms with E-state index < -0.39 is 11.7 Å². The van der Waals surface area contributed by atoms with Crippen molar-refractivity contribution in [3.63, 3.8) is 0 Å². The smallest absolute Gasteiger partial charge is 0.370 e. The van der Waals surface area contributed by atoms with E-state index in [4.69, 9.17) is 0 Å². The molecule has 2 N–H and O–H groups in total. The lowest BCUT2D eigenvalue weighted by Crippen LogP contribution is -2.05. The molecule has 2 rings (SSSR count). The molecule has 0 saturated carbocycles. The first-order valence-corrected chi connectivity index (χ1v) is 6.42. The van der Waals surface area contributed by atoms with E-state index in [1.54, 1.807) is 13.0 Å². The van der Waals surface area contributed by atoms with Gasteiger partial charge in [-0.3, -0.25) is 0 Å². The Hall–Kier alpha value is -2.31. The van der Waals surface area contributed by atoms with Gasteiger partial charge in [0, 0.05) is 18.3 Å². The third kappa shape index (κ3) is 4.08. The molecule has 2 aromatic rings. The lowest BCUT2D eigenvalue weighted by molar-refractivity contribution is -0.137. The number of benzene rings is 1. The van der Waals surface area contributed by atoms with Crippen molar-refractivity contribution in [1.29, 1.82) is 0 Å². The van der Waals surface area contributed by atoms with Crippen LogP contribution in [-0.4, -0.2) is 16.5 Å². The average Bonchev–Trinajstić information content (AvgIpc) is 2.38. The fourth-order valence-electron chi connectivity index (χ4n) is 1.79. The van der Waals surface area contributed by atoms with Crippen molar-refractivity contribution >= 4 is 17.3 Å². The lowest BCUT2D eigenvalue weighted by atomic mass is 10.2. The fraction of sp³-hybridized carbons (Fsp3) is 0.286. The molecule has 4 nitrogen and oxygen atoms in total. The minimum Gasteiger partial charge on any atom is -0.370 e. The van der Waals surface area contributed by atoms with E-state index >= 15 is 0 Å². The van der Waals surface area contributed by atoms with Crippen LogP contribution in [0.1, 0.15) is 18.3 Å². The summed E-state index contributed by atoms with van der Waals surface area (Å²) in [5.41, 5.74) is -0.149. The Labute approximate surface area is 120 Å². The highest BCUT2D eigenvalue weighted by molar-refractivity contribution is 5.59. The Kier molecular flexibility index (Phi) is 4.30. The van der Waals surface area contributed by atoms with E-state index in [0.717, 1.165) is 18.7 Å². The van der Waals surface area contributed by atoms with Crippen molar-refractivity contribution < 1.29 is 13.2 Å². The van der Waals surface area contributed by atoms with E-state index in [1.807, 2.05) is 6.92 Å². The van der Waals surface area contributed by atoms with E-state index in [2.05, 4.69) is 20.6 Å². The first kappa shape index (κ1) is 15.1. The Bertz CT molecular complexity index is 609. The summed E-state index contributed by atoms with van der Waals surface area (Å²) < 4.78 is 37.5. The molecule has 0 atom stereocenters. The summed E-state index contributed by atoms with van der Waals surface area (Å²) in [7, 11) is 0. The van der Waals surface area contributed by atoms with Crippen molar-refractivity contribution in [2.45, 2.75) is 20.0 Å². The molecule has 112 valence electrons. The van der Waals surface area contributed by atoms with Crippen LogP contribution in [0, 0.1) is 6.92 Å². The summed E-state index contributed by atoms with van der Waals surface area (Å²) in [6.07, 6.45) is -4.33. The molecule has 1 heterocycles. The van der Waals surface area contributed by atoms with Gasteiger partial charge in [-0.05, 0) is 38.1 Å². The van der Waals surface area contributed by atoms with Crippen LogP contribution in [0.5, 0.6) is 0 Å². The van der Waals surface area contributed by atoms with Gasteiger partial charge in [-0.25, -0.2) is 9.97 Å². The second kappa shape index (κ2) is 5.99. The fourth-order valence-corrected chi connectivity index (χ4v) is 1.79. The third-order valence-electron chi connectivity index (χ3n) is 2.68. The van der Waals surface area contributed by atoms with Crippen LogP contribution in [0.15, 0.2) is 30.3 Å². The molecular formula is C14H15F3N4. The van der Waals surface area contributed by atoms with E-state index in [0.29, 0.717) is 23.1 Å². The summed E-state index contributed by atoms with van der Waals surface area (Å²) >= 11 is 0. The summed E-state index contributed by atoms with van der Waals surface area (Å²) in [5.74, 6) is 1.76. The third-order valence-corrected chi connectivity index (χ3v) is 2.68. The molecule has 1 aromatic heterocycles. The molecule has 21 heavy (non-hydrogen) atoms. The Morgan fingerprint density at radius 2 is 1.67 bits per heavy atom. The van der Waals surface area contributed by atoms with Gasteiger partial charge in [0.05, 0.1) is 5.56 Å². The van der Waals surface area contributed by atoms with Crippen LogP contribution in [-0.2, 0) is 6.18 Å². The predicted octanol–water partition coefficient (Wildman–Crippen LogP) is 3.98. The van der Waals surface area contributed by atoms with Gasteiger partial charge in [-0.1, -0.05) is 0 Å². The van der Waals surface area contributed by atoms with Gasteiger partial charge in [-0.2, -0.15) is 13.2 Å². The van der Waals surface area contributed by atoms with Gasteiger partial charge in [0.25, 0.3) is 0 Å². The SMILES string of the molecule is CCNc1cc(Nc2ccc(C(F)(F)F)cc2)nc(C)n1. The molecule has 1 aromatic carbocycles. The monoisotopic (exact) mass is 296 g/mol. The Balaban J connectivity index is 2.18. The summed E-state index contributed by atoms with van der Waals surface area (Å²) in [4.78, 5) is 8.40. The topological polar surface area (TPSA) is 49.8 Å². The van der Waals surface area contributed by atoms with Gasteiger partial charge in [0.2, 0.25) is 0 Å². The van der Waals surface area contributed by atoms with Crippen molar-refractivity contribution in [2.75, 3.05) is 17.2 Å². The number of rotatable bonds is 4. The first-order valence-electron chi connectivity index (χ1n) is 6.42. The van der Waals surface area contributed by atoms with Crippen molar-refractivity contribution in [3.05, 3.63) is 41.7 Å². The number of anilines is 3. The second-order valence-electron chi connectivity index (χ2n) is 4.42. The van der Waals surface area contributed by atoms with Gasteiger partial charge >= 0.3 is 6.18 Å². The molecule has 7 heteroatoms. The molecule has 0 fully saturated rings. The predicted molar refractivity (Wildman–Crippen MR) is 75.7 cm³/mol. The number of halogens is 3. The van der Waals surface area contributed by atoms with E-state index in [-0.39, 0.29) is 0 Å². The molecule has 0 aliphatic heterocycles. The Morgan fingerprint density at radius 1 is 1.05 bits per heavy atom. The highest BCUT2D eigenvalue weighted by atomic mass is 19.4. The first-order chi connectivity index (χ1) is 9.88. The van der Waals surface area contributed by atoms with Crippen LogP contribution >= 0.6 is 0 Å². The molecule has 0 aliphatic rings. The van der Waals surface area contributed by atoms with Gasteiger partial charge in [0.1, 0.15) is 17.5 Å². The Morgan fingerprint density at radius 3 is 2.24 bits per heavy atom. The molecular weight excluding hydrogens is 281 g/mol.